The molecule has 2 aromatic carbocycles. The van der Waals surface area contributed by atoms with Gasteiger partial charge in [0.2, 0.25) is 5.91 Å². The number of rotatable bonds is 6. The van der Waals surface area contributed by atoms with E-state index in [9.17, 15) is 34.2 Å². The predicted molar refractivity (Wildman–Crippen MR) is 147 cm³/mol. The number of ether oxygens (including phenoxy) is 1. The molecule has 2 aromatic rings. The van der Waals surface area contributed by atoms with Gasteiger partial charge in [-0.2, -0.15) is 0 Å². The van der Waals surface area contributed by atoms with Gasteiger partial charge in [0.15, 0.2) is 34.7 Å². The molecule has 2 unspecified atom stereocenters. The molecular formula is C31H34N2O8. The van der Waals surface area contributed by atoms with Crippen LogP contribution in [0, 0.1) is 35.5 Å². The van der Waals surface area contributed by atoms with Crippen molar-refractivity contribution in [3.63, 3.8) is 0 Å². The number of hydrogen-bond acceptors (Lipinski definition) is 9. The maximum Gasteiger partial charge on any atom is 0.235 e. The van der Waals surface area contributed by atoms with Gasteiger partial charge in [0, 0.05) is 23.9 Å². The average molecular weight is 563 g/mol. The monoisotopic (exact) mass is 562 g/mol. The minimum atomic E-state index is -2.71. The number of carbonyl (C=O) groups is 5. The summed E-state index contributed by atoms with van der Waals surface area (Å²) in [4.78, 5) is 66.8. The fourth-order valence-corrected chi connectivity index (χ4v) is 7.33. The second-order valence-electron chi connectivity index (χ2n) is 11.6. The number of nitrogens with two attached hydrogens (primary N) is 2. The van der Waals surface area contributed by atoms with E-state index in [2.05, 4.69) is 0 Å². The maximum atomic E-state index is 14.0. The zero-order chi connectivity index (χ0) is 30.0. The number of ketones is 4. The van der Waals surface area contributed by atoms with Crippen molar-refractivity contribution in [2.45, 2.75) is 45.8 Å². The Morgan fingerprint density at radius 1 is 1.12 bits per heavy atom. The van der Waals surface area contributed by atoms with Gasteiger partial charge >= 0.3 is 0 Å². The Kier molecular flexibility index (Phi) is 7.11. The Morgan fingerprint density at radius 2 is 1.83 bits per heavy atom. The van der Waals surface area contributed by atoms with Crippen molar-refractivity contribution in [1.82, 2.24) is 0 Å². The van der Waals surface area contributed by atoms with Crippen molar-refractivity contribution < 1.29 is 38.9 Å². The first kappa shape index (κ1) is 28.6. The van der Waals surface area contributed by atoms with Gasteiger partial charge in [-0.25, -0.2) is 0 Å². The molecule has 6 atom stereocenters. The van der Waals surface area contributed by atoms with Crippen LogP contribution in [0.25, 0.3) is 11.1 Å². The number of aliphatic hydroxyl groups is 1. The summed E-state index contributed by atoms with van der Waals surface area (Å²) in [6.45, 7) is 5.97. The van der Waals surface area contributed by atoms with Crippen LogP contribution in [0.3, 0.4) is 0 Å². The van der Waals surface area contributed by atoms with Crippen LogP contribution < -0.4 is 16.2 Å². The third-order valence-corrected chi connectivity index (χ3v) is 9.09. The van der Waals surface area contributed by atoms with Gasteiger partial charge in [0.25, 0.3) is 0 Å². The molecule has 0 heterocycles. The molecule has 0 spiro atoms. The Bertz CT molecular complexity index is 1500. The molecule has 41 heavy (non-hydrogen) atoms. The van der Waals surface area contributed by atoms with Gasteiger partial charge in [0.05, 0.1) is 18.1 Å². The topological polar surface area (TPSA) is 187 Å². The molecule has 5 rings (SSSR count). The Hall–Kier alpha value is -3.89. The SMILES string of the molecule is CCOc1ccc(-c2ccc(O)c3c2C[C@H]2C[C@H]4[C@H](C(C)C)C(=O)C(C(N)=O)C(=O)[C@@]4(O)C(=O)C2C3=O)cc1CN. The van der Waals surface area contributed by atoms with E-state index in [0.717, 1.165) is 11.1 Å². The van der Waals surface area contributed by atoms with E-state index in [-0.39, 0.29) is 30.7 Å². The van der Waals surface area contributed by atoms with E-state index in [0.29, 0.717) is 23.5 Å². The molecule has 216 valence electrons. The normalized spacial score (nSPS) is 29.2. The van der Waals surface area contributed by atoms with Crippen LogP contribution in [0.15, 0.2) is 30.3 Å². The highest BCUT2D eigenvalue weighted by Gasteiger charge is 2.69. The lowest BCUT2D eigenvalue weighted by molar-refractivity contribution is -0.182. The van der Waals surface area contributed by atoms with Crippen LogP contribution in [0.4, 0.5) is 0 Å². The third kappa shape index (κ3) is 4.11. The Morgan fingerprint density at radius 3 is 2.44 bits per heavy atom. The highest BCUT2D eigenvalue weighted by molar-refractivity contribution is 6.32. The predicted octanol–water partition coefficient (Wildman–Crippen LogP) is 1.73. The molecule has 0 saturated heterocycles. The fraction of sp³-hybridized carbons (Fsp3) is 0.452. The van der Waals surface area contributed by atoms with E-state index in [1.165, 1.54) is 6.07 Å². The summed E-state index contributed by atoms with van der Waals surface area (Å²) in [5.74, 6) is -11.2. The minimum Gasteiger partial charge on any atom is -0.507 e. The molecule has 10 nitrogen and oxygen atoms in total. The van der Waals surface area contributed by atoms with Gasteiger partial charge in [-0.1, -0.05) is 26.0 Å². The maximum absolute atomic E-state index is 14.0. The highest BCUT2D eigenvalue weighted by atomic mass is 16.5. The van der Waals surface area contributed by atoms with E-state index >= 15 is 0 Å². The number of fused-ring (bicyclic) bond motifs is 3. The summed E-state index contributed by atoms with van der Waals surface area (Å²) in [6, 6.07) is 8.55. The second kappa shape index (κ2) is 10.2. The molecule has 0 radical (unpaired) electrons. The molecule has 0 bridgehead atoms. The first-order valence-electron chi connectivity index (χ1n) is 13.9. The molecular weight excluding hydrogens is 528 g/mol. The van der Waals surface area contributed by atoms with Gasteiger partial charge in [0.1, 0.15) is 11.5 Å². The summed E-state index contributed by atoms with van der Waals surface area (Å²) >= 11 is 0. The van der Waals surface area contributed by atoms with Gasteiger partial charge in [-0.15, -0.1) is 0 Å². The zero-order valence-corrected chi connectivity index (χ0v) is 23.2. The van der Waals surface area contributed by atoms with Crippen LogP contribution >= 0.6 is 0 Å². The van der Waals surface area contributed by atoms with Crippen LogP contribution in [-0.2, 0) is 32.1 Å². The second-order valence-corrected chi connectivity index (χ2v) is 11.6. The van der Waals surface area contributed by atoms with Crippen molar-refractivity contribution in [2.24, 2.45) is 47.0 Å². The summed E-state index contributed by atoms with van der Waals surface area (Å²) < 4.78 is 5.66. The quantitative estimate of drug-likeness (QED) is 0.380. The summed E-state index contributed by atoms with van der Waals surface area (Å²) in [5, 5.41) is 22.5. The van der Waals surface area contributed by atoms with Crippen LogP contribution in [0.2, 0.25) is 0 Å². The number of phenols is 1. The van der Waals surface area contributed by atoms with Crippen molar-refractivity contribution in [3.8, 4) is 22.6 Å². The number of primary amides is 1. The van der Waals surface area contributed by atoms with Crippen molar-refractivity contribution >= 4 is 29.0 Å². The van der Waals surface area contributed by atoms with E-state index in [4.69, 9.17) is 16.2 Å². The summed E-state index contributed by atoms with van der Waals surface area (Å²) in [5.41, 5.74) is 11.3. The van der Waals surface area contributed by atoms with Gasteiger partial charge < -0.3 is 26.4 Å². The lowest BCUT2D eigenvalue weighted by atomic mass is 9.49. The molecule has 10 heteroatoms. The van der Waals surface area contributed by atoms with E-state index < -0.39 is 70.1 Å². The van der Waals surface area contributed by atoms with Crippen molar-refractivity contribution in [2.75, 3.05) is 6.61 Å². The van der Waals surface area contributed by atoms with Crippen LogP contribution in [0.1, 0.15) is 48.7 Å². The third-order valence-electron chi connectivity index (χ3n) is 9.09. The van der Waals surface area contributed by atoms with Gasteiger partial charge in [-0.05, 0) is 66.5 Å². The lowest BCUT2D eigenvalue weighted by Gasteiger charge is -2.52. The molecule has 3 aliphatic rings. The highest BCUT2D eigenvalue weighted by Crippen LogP contribution is 2.53. The number of hydrogen-bond donors (Lipinski definition) is 4. The number of carbonyl (C=O) groups excluding carboxylic acids is 5. The number of amides is 1. The minimum absolute atomic E-state index is 0.0241. The molecule has 0 aliphatic heterocycles. The largest absolute Gasteiger partial charge is 0.507 e. The molecule has 0 aromatic heterocycles. The standard InChI is InChI=1S/C31H34N2O8/c1-4-41-21-8-5-14(9-16(21)12-32)17-6-7-20(34)24-18(17)10-15-11-19-22(13(2)3)26(35)25(30(33)39)29(38)31(19,40)28(37)23(15)27(24)36/h5-9,13,15,19,22-23,25,34,40H,4,10-12,32H2,1-3H3,(H2,33,39)/t15-,19-,22-,23?,25?,31-/m0/s1. The first-order valence-corrected chi connectivity index (χ1v) is 13.9. The van der Waals surface area contributed by atoms with Crippen molar-refractivity contribution in [3.05, 3.63) is 47.0 Å². The molecule has 2 fully saturated rings. The lowest BCUT2D eigenvalue weighted by Crippen LogP contribution is -2.71. The smallest absolute Gasteiger partial charge is 0.235 e. The number of Topliss-reactive ketones (excluding diaryl/α,β-unsaturated/α-hetero) is 4. The first-order chi connectivity index (χ1) is 19.4. The molecule has 2 saturated carbocycles. The summed E-state index contributed by atoms with van der Waals surface area (Å²) in [7, 11) is 0. The van der Waals surface area contributed by atoms with E-state index in [1.807, 2.05) is 19.1 Å². The van der Waals surface area contributed by atoms with Crippen LogP contribution in [0.5, 0.6) is 11.5 Å². The molecule has 3 aliphatic carbocycles. The Labute approximate surface area is 237 Å². The van der Waals surface area contributed by atoms with E-state index in [1.54, 1.807) is 26.0 Å². The number of aromatic hydroxyl groups is 1. The zero-order valence-electron chi connectivity index (χ0n) is 23.2. The van der Waals surface area contributed by atoms with Gasteiger partial charge in [-0.3, -0.25) is 24.0 Å². The van der Waals surface area contributed by atoms with Crippen LogP contribution in [-0.4, -0.2) is 51.5 Å². The summed E-state index contributed by atoms with van der Waals surface area (Å²) in [6.07, 6.45) is 0.210. The average Bonchev–Trinajstić information content (AvgIpc) is 2.91. The number of benzene rings is 2. The number of phenolic OH excluding ortho intramolecular Hbond substituents is 1. The fourth-order valence-electron chi connectivity index (χ4n) is 7.33. The van der Waals surface area contributed by atoms with Crippen molar-refractivity contribution in [1.29, 1.82) is 0 Å². The molecule has 6 N–H and O–H groups in total. The molecule has 1 amide bonds. The Balaban J connectivity index is 1.64.